The van der Waals surface area contributed by atoms with Crippen LogP contribution in [-0.4, -0.2) is 12.8 Å². The first kappa shape index (κ1) is 9.38. The molecule has 0 radical (unpaired) electrons. The van der Waals surface area contributed by atoms with Gasteiger partial charge in [-0.05, 0) is 18.4 Å². The van der Waals surface area contributed by atoms with Gasteiger partial charge >= 0.3 is 6.43 Å². The molecule has 0 saturated heterocycles. The van der Waals surface area contributed by atoms with Crippen LogP contribution >= 0.6 is 11.3 Å². The molecule has 12 heavy (non-hydrogen) atoms. The summed E-state index contributed by atoms with van der Waals surface area (Å²) in [5.74, 6) is 0.188. The lowest BCUT2D eigenvalue weighted by Crippen LogP contribution is -2.19. The molecule has 0 saturated carbocycles. The molecule has 0 spiro atoms. The van der Waals surface area contributed by atoms with Gasteiger partial charge < -0.3 is 4.74 Å². The molecule has 1 unspecified atom stereocenters. The second kappa shape index (κ2) is 3.80. The first-order chi connectivity index (χ1) is 5.61. The lowest BCUT2D eigenvalue weighted by atomic mass is 10.4. The Hall–Kier alpha value is -0.710. The molecule has 5 heteroatoms. The SMILES string of the molecule is Cc1sccc1OC(F)C(F)F. The van der Waals surface area contributed by atoms with E-state index in [0.29, 0.717) is 4.88 Å². The molecule has 0 fully saturated rings. The number of hydrogen-bond acceptors (Lipinski definition) is 2. The molecule has 0 bridgehead atoms. The minimum absolute atomic E-state index is 0.188. The molecular formula is C7H7F3OS. The molecule has 1 aromatic heterocycles. The van der Waals surface area contributed by atoms with E-state index < -0.39 is 12.8 Å². The molecule has 1 atom stereocenters. The van der Waals surface area contributed by atoms with E-state index in [0.717, 1.165) is 0 Å². The maximum Gasteiger partial charge on any atom is 0.304 e. The summed E-state index contributed by atoms with van der Waals surface area (Å²) < 4.78 is 40.0. The number of hydrogen-bond donors (Lipinski definition) is 0. The lowest BCUT2D eigenvalue weighted by molar-refractivity contribution is -0.0669. The third-order valence-corrected chi connectivity index (χ3v) is 2.08. The maximum absolute atomic E-state index is 12.3. The van der Waals surface area contributed by atoms with Gasteiger partial charge in [-0.15, -0.1) is 11.3 Å². The highest BCUT2D eigenvalue weighted by Gasteiger charge is 2.21. The van der Waals surface area contributed by atoms with E-state index in [1.807, 2.05) is 0 Å². The Morgan fingerprint density at radius 2 is 2.08 bits per heavy atom. The Kier molecular flexibility index (Phi) is 2.97. The first-order valence-corrected chi connectivity index (χ1v) is 4.12. The van der Waals surface area contributed by atoms with Crippen molar-refractivity contribution in [1.82, 2.24) is 0 Å². The minimum atomic E-state index is -3.09. The van der Waals surface area contributed by atoms with Gasteiger partial charge in [0.05, 0.1) is 0 Å². The van der Waals surface area contributed by atoms with Gasteiger partial charge in [-0.2, -0.15) is 4.39 Å². The van der Waals surface area contributed by atoms with Crippen molar-refractivity contribution >= 4 is 11.3 Å². The van der Waals surface area contributed by atoms with E-state index >= 15 is 0 Å². The molecular weight excluding hydrogens is 189 g/mol. The van der Waals surface area contributed by atoms with Gasteiger partial charge in [0.25, 0.3) is 6.36 Å². The normalized spacial score (nSPS) is 13.4. The Labute approximate surface area is 71.8 Å². The molecule has 0 amide bonds. The summed E-state index contributed by atoms with van der Waals surface area (Å²) in [6.07, 6.45) is -5.62. The lowest BCUT2D eigenvalue weighted by Gasteiger charge is -2.08. The number of thiophene rings is 1. The van der Waals surface area contributed by atoms with Gasteiger partial charge in [0.2, 0.25) is 0 Å². The summed E-state index contributed by atoms with van der Waals surface area (Å²) in [5, 5.41) is 1.66. The fourth-order valence-electron chi connectivity index (χ4n) is 0.668. The summed E-state index contributed by atoms with van der Waals surface area (Å²) in [6, 6.07) is 1.47. The third-order valence-electron chi connectivity index (χ3n) is 1.25. The second-order valence-corrected chi connectivity index (χ2v) is 3.26. The van der Waals surface area contributed by atoms with Gasteiger partial charge in [-0.25, -0.2) is 8.78 Å². The Morgan fingerprint density at radius 3 is 2.50 bits per heavy atom. The van der Waals surface area contributed by atoms with Gasteiger partial charge in [0, 0.05) is 4.88 Å². The minimum Gasteiger partial charge on any atom is -0.453 e. The molecule has 0 aromatic carbocycles. The largest absolute Gasteiger partial charge is 0.453 e. The van der Waals surface area contributed by atoms with Crippen LogP contribution in [-0.2, 0) is 0 Å². The fraction of sp³-hybridized carbons (Fsp3) is 0.429. The summed E-state index contributed by atoms with van der Waals surface area (Å²) in [5.41, 5.74) is 0. The zero-order valence-electron chi connectivity index (χ0n) is 6.26. The van der Waals surface area contributed by atoms with Crippen molar-refractivity contribution in [3.05, 3.63) is 16.3 Å². The van der Waals surface area contributed by atoms with Crippen molar-refractivity contribution in [3.63, 3.8) is 0 Å². The number of rotatable bonds is 3. The summed E-state index contributed by atoms with van der Waals surface area (Å²) in [7, 11) is 0. The zero-order chi connectivity index (χ0) is 9.14. The van der Waals surface area contributed by atoms with Crippen LogP contribution in [0.1, 0.15) is 4.88 Å². The Morgan fingerprint density at radius 1 is 1.42 bits per heavy atom. The highest BCUT2D eigenvalue weighted by atomic mass is 32.1. The van der Waals surface area contributed by atoms with Crippen molar-refractivity contribution in [1.29, 1.82) is 0 Å². The van der Waals surface area contributed by atoms with Crippen LogP contribution in [0.5, 0.6) is 5.75 Å². The van der Waals surface area contributed by atoms with Crippen molar-refractivity contribution in [2.45, 2.75) is 19.7 Å². The van der Waals surface area contributed by atoms with Gasteiger partial charge in [-0.1, -0.05) is 0 Å². The third kappa shape index (κ3) is 2.14. The number of alkyl halides is 3. The summed E-state index contributed by atoms with van der Waals surface area (Å²) >= 11 is 1.32. The van der Waals surface area contributed by atoms with Crippen LogP contribution in [0.3, 0.4) is 0 Å². The number of halogens is 3. The van der Waals surface area contributed by atoms with E-state index in [1.54, 1.807) is 12.3 Å². The molecule has 0 aliphatic heterocycles. The van der Waals surface area contributed by atoms with E-state index in [-0.39, 0.29) is 5.75 Å². The monoisotopic (exact) mass is 196 g/mol. The first-order valence-electron chi connectivity index (χ1n) is 3.24. The smallest absolute Gasteiger partial charge is 0.304 e. The van der Waals surface area contributed by atoms with Crippen LogP contribution in [0.2, 0.25) is 0 Å². The maximum atomic E-state index is 12.3. The van der Waals surface area contributed by atoms with Gasteiger partial charge in [-0.3, -0.25) is 0 Å². The molecule has 68 valence electrons. The summed E-state index contributed by atoms with van der Waals surface area (Å²) in [4.78, 5) is 0.693. The second-order valence-electron chi connectivity index (χ2n) is 2.14. The molecule has 1 rings (SSSR count). The average molecular weight is 196 g/mol. The molecule has 1 nitrogen and oxygen atoms in total. The van der Waals surface area contributed by atoms with E-state index in [1.165, 1.54) is 17.4 Å². The molecule has 1 heterocycles. The molecule has 0 aliphatic carbocycles. The fourth-order valence-corrected chi connectivity index (χ4v) is 1.30. The highest BCUT2D eigenvalue weighted by Crippen LogP contribution is 2.25. The Balaban J connectivity index is 2.58. The average Bonchev–Trinajstić information content (AvgIpc) is 2.36. The van der Waals surface area contributed by atoms with Crippen LogP contribution in [0.15, 0.2) is 11.4 Å². The van der Waals surface area contributed by atoms with E-state index in [4.69, 9.17) is 0 Å². The number of aryl methyl sites for hydroxylation is 1. The van der Waals surface area contributed by atoms with Gasteiger partial charge in [0.1, 0.15) is 5.75 Å². The molecule has 1 aromatic rings. The van der Waals surface area contributed by atoms with E-state index in [2.05, 4.69) is 4.74 Å². The highest BCUT2D eigenvalue weighted by molar-refractivity contribution is 7.10. The predicted molar refractivity (Wildman–Crippen MR) is 40.6 cm³/mol. The van der Waals surface area contributed by atoms with Crippen LogP contribution in [0, 0.1) is 6.92 Å². The quantitative estimate of drug-likeness (QED) is 0.722. The van der Waals surface area contributed by atoms with E-state index in [9.17, 15) is 13.2 Å². The standard InChI is InChI=1S/C7H7F3OS/c1-4-5(2-3-12-4)11-7(10)6(8)9/h2-3,6-7H,1H3. The Bertz CT molecular complexity index is 249. The molecule has 0 N–H and O–H groups in total. The van der Waals surface area contributed by atoms with Crippen LogP contribution in [0.25, 0.3) is 0 Å². The van der Waals surface area contributed by atoms with Crippen molar-refractivity contribution in [3.8, 4) is 5.75 Å². The number of ether oxygens (including phenoxy) is 1. The molecule has 0 aliphatic rings. The predicted octanol–water partition coefficient (Wildman–Crippen LogP) is 3.00. The zero-order valence-corrected chi connectivity index (χ0v) is 7.08. The van der Waals surface area contributed by atoms with Crippen molar-refractivity contribution in [2.24, 2.45) is 0 Å². The summed E-state index contributed by atoms with van der Waals surface area (Å²) in [6.45, 7) is 1.68. The van der Waals surface area contributed by atoms with Gasteiger partial charge in [0.15, 0.2) is 0 Å². The van der Waals surface area contributed by atoms with Crippen molar-refractivity contribution < 1.29 is 17.9 Å². The van der Waals surface area contributed by atoms with Crippen molar-refractivity contribution in [2.75, 3.05) is 0 Å². The van der Waals surface area contributed by atoms with Crippen LogP contribution < -0.4 is 4.74 Å². The topological polar surface area (TPSA) is 9.23 Å². The van der Waals surface area contributed by atoms with Crippen LogP contribution in [0.4, 0.5) is 13.2 Å².